The Morgan fingerprint density at radius 1 is 1.75 bits per heavy atom. The number of rotatable bonds is 2. The average molecular weight is 187 g/mol. The Balaban J connectivity index is 3.04. The van der Waals surface area contributed by atoms with Crippen molar-refractivity contribution < 1.29 is 9.53 Å². The summed E-state index contributed by atoms with van der Waals surface area (Å²) in [6, 6.07) is 0. The second kappa shape index (κ2) is 3.51. The fraction of sp³-hybridized carbons (Fsp3) is 0.333. The maximum Gasteiger partial charge on any atom is 0.357 e. The maximum atomic E-state index is 11.0. The molecule has 0 amide bonds. The highest BCUT2D eigenvalue weighted by Gasteiger charge is 2.15. The first kappa shape index (κ1) is 8.95. The van der Waals surface area contributed by atoms with Crippen LogP contribution in [0.2, 0.25) is 0 Å². The third kappa shape index (κ3) is 1.54. The maximum absolute atomic E-state index is 11.0. The van der Waals surface area contributed by atoms with Crippen LogP contribution < -0.4 is 11.5 Å². The van der Waals surface area contributed by atoms with E-state index in [1.54, 1.807) is 0 Å². The molecule has 0 spiro atoms. The lowest BCUT2D eigenvalue weighted by atomic mass is 10.4. The third-order valence-corrected chi connectivity index (χ3v) is 2.18. The second-order valence-corrected chi connectivity index (χ2v) is 3.13. The molecule has 0 radical (unpaired) electrons. The van der Waals surface area contributed by atoms with Gasteiger partial charge in [0.05, 0.1) is 12.0 Å². The number of esters is 1. The Morgan fingerprint density at radius 2 is 2.42 bits per heavy atom. The summed E-state index contributed by atoms with van der Waals surface area (Å²) < 4.78 is 4.49. The van der Waals surface area contributed by atoms with Crippen molar-refractivity contribution >= 4 is 22.4 Å². The van der Waals surface area contributed by atoms with Crippen molar-refractivity contribution in [1.29, 1.82) is 0 Å². The lowest BCUT2D eigenvalue weighted by Crippen LogP contribution is -2.07. The van der Waals surface area contributed by atoms with E-state index in [1.807, 2.05) is 0 Å². The van der Waals surface area contributed by atoms with Gasteiger partial charge in [0, 0.05) is 6.54 Å². The van der Waals surface area contributed by atoms with Crippen molar-refractivity contribution in [1.82, 2.24) is 4.98 Å². The summed E-state index contributed by atoms with van der Waals surface area (Å²) in [5.74, 6) is -0.497. The monoisotopic (exact) mass is 187 g/mol. The van der Waals surface area contributed by atoms with Gasteiger partial charge in [-0.25, -0.2) is 9.78 Å². The number of nitrogens with zero attached hydrogens (tertiary/aromatic N) is 1. The SMILES string of the molecule is COC(=O)c1nc(N)sc1CN. The fourth-order valence-corrected chi connectivity index (χ4v) is 1.46. The van der Waals surface area contributed by atoms with Gasteiger partial charge in [-0.2, -0.15) is 0 Å². The van der Waals surface area contributed by atoms with E-state index in [9.17, 15) is 4.79 Å². The summed E-state index contributed by atoms with van der Waals surface area (Å²) in [5, 5.41) is 0.329. The first-order chi connectivity index (χ1) is 5.69. The minimum atomic E-state index is -0.497. The fourth-order valence-electron chi connectivity index (χ4n) is 0.764. The highest BCUT2D eigenvalue weighted by Crippen LogP contribution is 2.20. The lowest BCUT2D eigenvalue weighted by Gasteiger charge is -1.95. The Bertz CT molecular complexity index is 297. The van der Waals surface area contributed by atoms with E-state index >= 15 is 0 Å². The summed E-state index contributed by atoms with van der Waals surface area (Å²) in [6.07, 6.45) is 0. The van der Waals surface area contributed by atoms with Gasteiger partial charge in [-0.1, -0.05) is 0 Å². The van der Waals surface area contributed by atoms with E-state index in [2.05, 4.69) is 9.72 Å². The van der Waals surface area contributed by atoms with Crippen LogP contribution in [0.3, 0.4) is 0 Å². The normalized spacial score (nSPS) is 9.83. The number of nitrogens with two attached hydrogens (primary N) is 2. The van der Waals surface area contributed by atoms with Crippen molar-refractivity contribution in [2.75, 3.05) is 12.8 Å². The van der Waals surface area contributed by atoms with Crippen LogP contribution in [-0.4, -0.2) is 18.1 Å². The molecule has 5 nitrogen and oxygen atoms in total. The molecule has 66 valence electrons. The van der Waals surface area contributed by atoms with Crippen molar-refractivity contribution in [2.24, 2.45) is 5.73 Å². The Kier molecular flexibility index (Phi) is 2.61. The molecule has 0 aliphatic carbocycles. The van der Waals surface area contributed by atoms with Crippen LogP contribution in [0, 0.1) is 0 Å². The molecule has 0 aliphatic heterocycles. The van der Waals surface area contributed by atoms with Crippen LogP contribution in [0.15, 0.2) is 0 Å². The van der Waals surface area contributed by atoms with E-state index in [0.29, 0.717) is 10.0 Å². The van der Waals surface area contributed by atoms with Crippen molar-refractivity contribution in [2.45, 2.75) is 6.54 Å². The van der Waals surface area contributed by atoms with Crippen LogP contribution in [-0.2, 0) is 11.3 Å². The molecular weight excluding hydrogens is 178 g/mol. The van der Waals surface area contributed by atoms with E-state index in [0.717, 1.165) is 0 Å². The number of hydrogen-bond acceptors (Lipinski definition) is 6. The highest BCUT2D eigenvalue weighted by molar-refractivity contribution is 7.15. The van der Waals surface area contributed by atoms with E-state index in [1.165, 1.54) is 18.4 Å². The molecule has 0 atom stereocenters. The van der Waals surface area contributed by atoms with Gasteiger partial charge < -0.3 is 16.2 Å². The third-order valence-electron chi connectivity index (χ3n) is 1.28. The van der Waals surface area contributed by atoms with Gasteiger partial charge in [0.1, 0.15) is 0 Å². The molecule has 1 rings (SSSR count). The number of nitrogen functional groups attached to an aromatic ring is 1. The van der Waals surface area contributed by atoms with Gasteiger partial charge in [-0.15, -0.1) is 11.3 Å². The van der Waals surface area contributed by atoms with Gasteiger partial charge in [0.2, 0.25) is 0 Å². The predicted octanol–water partition coefficient (Wildman–Crippen LogP) is -0.0294. The topological polar surface area (TPSA) is 91.2 Å². The van der Waals surface area contributed by atoms with Crippen LogP contribution in [0.4, 0.5) is 5.13 Å². The van der Waals surface area contributed by atoms with Gasteiger partial charge >= 0.3 is 5.97 Å². The van der Waals surface area contributed by atoms with Crippen LogP contribution in [0.5, 0.6) is 0 Å². The molecule has 0 saturated heterocycles. The standard InChI is InChI=1S/C6H9N3O2S/c1-11-5(10)4-3(2-7)12-6(8)9-4/h2,7H2,1H3,(H2,8,9). The second-order valence-electron chi connectivity index (χ2n) is 2.02. The zero-order chi connectivity index (χ0) is 9.14. The van der Waals surface area contributed by atoms with Crippen molar-refractivity contribution in [3.63, 3.8) is 0 Å². The summed E-state index contributed by atoms with van der Waals surface area (Å²) in [5.41, 5.74) is 11.0. The van der Waals surface area contributed by atoms with Gasteiger partial charge in [-0.3, -0.25) is 0 Å². The van der Waals surface area contributed by atoms with Crippen LogP contribution >= 0.6 is 11.3 Å². The van der Waals surface area contributed by atoms with E-state index in [-0.39, 0.29) is 12.2 Å². The number of thiazole rings is 1. The first-order valence-electron chi connectivity index (χ1n) is 3.22. The molecular formula is C6H9N3O2S. The number of aromatic nitrogens is 1. The molecule has 0 saturated carbocycles. The lowest BCUT2D eigenvalue weighted by molar-refractivity contribution is 0.0594. The molecule has 0 unspecified atom stereocenters. The van der Waals surface area contributed by atoms with Crippen LogP contribution in [0.25, 0.3) is 0 Å². The van der Waals surface area contributed by atoms with E-state index < -0.39 is 5.97 Å². The summed E-state index contributed by atoms with van der Waals surface area (Å²) in [4.78, 5) is 15.5. The minimum absolute atomic E-state index is 0.225. The van der Waals surface area contributed by atoms with Gasteiger partial charge in [0.15, 0.2) is 10.8 Å². The molecule has 4 N–H and O–H groups in total. The molecule has 6 heteroatoms. The largest absolute Gasteiger partial charge is 0.464 e. The van der Waals surface area contributed by atoms with Gasteiger partial charge in [0.25, 0.3) is 0 Å². The number of carbonyl (C=O) groups excluding carboxylic acids is 1. The van der Waals surface area contributed by atoms with Crippen LogP contribution in [0.1, 0.15) is 15.4 Å². The summed E-state index contributed by atoms with van der Waals surface area (Å²) >= 11 is 1.20. The number of methoxy groups -OCH3 is 1. The van der Waals surface area contributed by atoms with Crippen molar-refractivity contribution in [3.8, 4) is 0 Å². The number of ether oxygens (including phenoxy) is 1. The zero-order valence-corrected chi connectivity index (χ0v) is 7.35. The number of hydrogen-bond donors (Lipinski definition) is 2. The van der Waals surface area contributed by atoms with Gasteiger partial charge in [-0.05, 0) is 0 Å². The molecule has 1 aromatic rings. The molecule has 0 aromatic carbocycles. The zero-order valence-electron chi connectivity index (χ0n) is 6.53. The average Bonchev–Trinajstić information content (AvgIpc) is 2.45. The molecule has 12 heavy (non-hydrogen) atoms. The smallest absolute Gasteiger partial charge is 0.357 e. The first-order valence-corrected chi connectivity index (χ1v) is 4.04. The highest BCUT2D eigenvalue weighted by atomic mass is 32.1. The Morgan fingerprint density at radius 3 is 2.92 bits per heavy atom. The predicted molar refractivity (Wildman–Crippen MR) is 45.8 cm³/mol. The summed E-state index contributed by atoms with van der Waals surface area (Å²) in [6.45, 7) is 0.249. The molecule has 0 fully saturated rings. The quantitative estimate of drug-likeness (QED) is 0.634. The van der Waals surface area contributed by atoms with E-state index in [4.69, 9.17) is 11.5 Å². The van der Waals surface area contributed by atoms with Crippen molar-refractivity contribution in [3.05, 3.63) is 10.6 Å². The molecule has 0 bridgehead atoms. The molecule has 1 aromatic heterocycles. The Hall–Kier alpha value is -1.14. The number of anilines is 1. The molecule has 1 heterocycles. The Labute approximate surface area is 73.3 Å². The molecule has 0 aliphatic rings. The minimum Gasteiger partial charge on any atom is -0.464 e. The number of carbonyl (C=O) groups is 1. The summed E-state index contributed by atoms with van der Waals surface area (Å²) in [7, 11) is 1.29.